The lowest BCUT2D eigenvalue weighted by Crippen LogP contribution is -2.53. The number of rotatable bonds is 7. The maximum absolute atomic E-state index is 14.9. The van der Waals surface area contributed by atoms with Gasteiger partial charge in [0.15, 0.2) is 0 Å². The van der Waals surface area contributed by atoms with Crippen LogP contribution in [0.5, 0.6) is 0 Å². The summed E-state index contributed by atoms with van der Waals surface area (Å²) in [7, 11) is 3.53. The van der Waals surface area contributed by atoms with Crippen molar-refractivity contribution in [1.29, 1.82) is 0 Å². The molecule has 3 heterocycles. The van der Waals surface area contributed by atoms with Gasteiger partial charge in [0.1, 0.15) is 5.41 Å². The van der Waals surface area contributed by atoms with Crippen molar-refractivity contribution in [2.45, 2.75) is 62.8 Å². The van der Waals surface area contributed by atoms with E-state index in [0.717, 1.165) is 21.6 Å². The number of nitrogens with one attached hydrogen (secondary N) is 1. The molecule has 6 nitrogen and oxygen atoms in total. The predicted molar refractivity (Wildman–Crippen MR) is 182 cm³/mol. The number of nitrogens with zero attached hydrogens (tertiary/aromatic N) is 2. The molecule has 1 spiro atoms. The van der Waals surface area contributed by atoms with E-state index in [-0.39, 0.29) is 17.2 Å². The van der Waals surface area contributed by atoms with Gasteiger partial charge in [0.2, 0.25) is 11.8 Å². The van der Waals surface area contributed by atoms with Gasteiger partial charge in [0, 0.05) is 41.6 Å². The molecule has 2 aliphatic rings. The number of carbonyl (C=O) groups is 2. The standard InChI is InChI=1S/C37H40ClN3O3S/c1-36(2,3)22-29-37(26-19-18-25(38)21-27(26)39-35(37)44)30(28-17-12-20-45-28)32(34(43)40(4)5)41(29)31(23-13-8-6-9-14-23)33(42)24-15-10-7-11-16-24/h6-21,29-33,42H,22H2,1-5H3,(H,39,44)/t29-,30+,31-,32-,33+,37+/m1/s1. The van der Waals surface area contributed by atoms with Crippen molar-refractivity contribution < 1.29 is 14.7 Å². The second kappa shape index (κ2) is 12.0. The molecule has 2 N–H and O–H groups in total. The zero-order valence-electron chi connectivity index (χ0n) is 26.3. The molecule has 0 unspecified atom stereocenters. The summed E-state index contributed by atoms with van der Waals surface area (Å²) in [6.07, 6.45) is -0.395. The summed E-state index contributed by atoms with van der Waals surface area (Å²) in [6, 6.07) is 27.2. The van der Waals surface area contributed by atoms with Gasteiger partial charge < -0.3 is 15.3 Å². The van der Waals surface area contributed by atoms with Gasteiger partial charge in [-0.3, -0.25) is 14.5 Å². The average Bonchev–Trinajstić information content (AvgIpc) is 3.70. The number of aliphatic hydroxyl groups is 1. The monoisotopic (exact) mass is 641 g/mol. The fourth-order valence-corrected chi connectivity index (χ4v) is 8.73. The van der Waals surface area contributed by atoms with Gasteiger partial charge in [-0.1, -0.05) is 105 Å². The molecule has 1 aromatic heterocycles. The highest BCUT2D eigenvalue weighted by Gasteiger charge is 2.70. The summed E-state index contributed by atoms with van der Waals surface area (Å²) < 4.78 is 0. The van der Waals surface area contributed by atoms with Gasteiger partial charge in [0.25, 0.3) is 0 Å². The van der Waals surface area contributed by atoms with Crippen LogP contribution < -0.4 is 5.32 Å². The van der Waals surface area contributed by atoms with Gasteiger partial charge in [0.05, 0.1) is 18.2 Å². The number of hydrogen-bond donors (Lipinski definition) is 2. The van der Waals surface area contributed by atoms with Crippen molar-refractivity contribution in [2.75, 3.05) is 19.4 Å². The largest absolute Gasteiger partial charge is 0.386 e. The Morgan fingerprint density at radius 1 is 1.00 bits per heavy atom. The molecule has 1 saturated heterocycles. The van der Waals surface area contributed by atoms with E-state index in [1.165, 1.54) is 0 Å². The van der Waals surface area contributed by atoms with Crippen LogP contribution in [-0.2, 0) is 15.0 Å². The van der Waals surface area contributed by atoms with E-state index >= 15 is 0 Å². The van der Waals surface area contributed by atoms with Gasteiger partial charge in [-0.15, -0.1) is 11.3 Å². The Morgan fingerprint density at radius 2 is 1.64 bits per heavy atom. The molecule has 3 aromatic carbocycles. The number of fused-ring (bicyclic) bond motifs is 2. The minimum Gasteiger partial charge on any atom is -0.386 e. The molecule has 4 aromatic rings. The van der Waals surface area contributed by atoms with Gasteiger partial charge in [-0.05, 0) is 52.1 Å². The number of benzene rings is 3. The van der Waals surface area contributed by atoms with Crippen LogP contribution in [0.4, 0.5) is 5.69 Å². The van der Waals surface area contributed by atoms with Crippen LogP contribution >= 0.6 is 22.9 Å². The quantitative estimate of drug-likeness (QED) is 0.220. The van der Waals surface area contributed by atoms with E-state index in [1.54, 1.807) is 30.3 Å². The highest BCUT2D eigenvalue weighted by Crippen LogP contribution is 2.63. The first-order valence-corrected chi connectivity index (χ1v) is 16.6. The maximum atomic E-state index is 14.9. The van der Waals surface area contributed by atoms with Crippen LogP contribution in [0.25, 0.3) is 0 Å². The Balaban J connectivity index is 1.72. The van der Waals surface area contributed by atoms with Crippen LogP contribution in [-0.4, -0.2) is 52.9 Å². The molecule has 45 heavy (non-hydrogen) atoms. The SMILES string of the molecule is CN(C)C(=O)[C@H]1[C@H](c2cccs2)[C@@]2(C(=O)Nc3cc(Cl)ccc32)[C@@H](CC(C)(C)C)N1[C@H](c1ccccc1)[C@@H](O)c1ccccc1. The zero-order valence-corrected chi connectivity index (χ0v) is 27.8. The van der Waals surface area contributed by atoms with Crippen LogP contribution in [0.15, 0.2) is 96.4 Å². The van der Waals surface area contributed by atoms with Crippen molar-refractivity contribution in [3.8, 4) is 0 Å². The molecule has 6 atom stereocenters. The maximum Gasteiger partial charge on any atom is 0.240 e. The van der Waals surface area contributed by atoms with Gasteiger partial charge in [-0.25, -0.2) is 0 Å². The Hall–Kier alpha value is -3.49. The van der Waals surface area contributed by atoms with Crippen molar-refractivity contribution in [1.82, 2.24) is 9.80 Å². The Labute approximate surface area is 274 Å². The lowest BCUT2D eigenvalue weighted by molar-refractivity contribution is -0.137. The number of carbonyl (C=O) groups excluding carboxylic acids is 2. The lowest BCUT2D eigenvalue weighted by Gasteiger charge is -2.44. The molecule has 6 rings (SSSR count). The van der Waals surface area contributed by atoms with Crippen LogP contribution in [0.3, 0.4) is 0 Å². The predicted octanol–water partition coefficient (Wildman–Crippen LogP) is 7.43. The summed E-state index contributed by atoms with van der Waals surface area (Å²) in [5, 5.41) is 18.1. The topological polar surface area (TPSA) is 72.9 Å². The fraction of sp³-hybridized carbons (Fsp3) is 0.351. The highest BCUT2D eigenvalue weighted by molar-refractivity contribution is 7.10. The third-order valence-electron chi connectivity index (χ3n) is 9.32. The number of anilines is 1. The number of hydrogen-bond acceptors (Lipinski definition) is 5. The first-order chi connectivity index (χ1) is 21.4. The third-order valence-corrected chi connectivity index (χ3v) is 10.5. The second-order valence-corrected chi connectivity index (χ2v) is 15.0. The number of amides is 2. The summed E-state index contributed by atoms with van der Waals surface area (Å²) in [5.74, 6) is -0.788. The van der Waals surface area contributed by atoms with E-state index in [2.05, 4.69) is 31.0 Å². The molecule has 0 aliphatic carbocycles. The average molecular weight is 642 g/mol. The molecule has 2 amide bonds. The third kappa shape index (κ3) is 5.40. The molecular weight excluding hydrogens is 602 g/mol. The minimum absolute atomic E-state index is 0.111. The van der Waals surface area contributed by atoms with Crippen molar-refractivity contribution in [3.05, 3.63) is 123 Å². The Morgan fingerprint density at radius 3 is 2.22 bits per heavy atom. The van der Waals surface area contributed by atoms with Gasteiger partial charge >= 0.3 is 0 Å². The van der Waals surface area contributed by atoms with Crippen LogP contribution in [0.2, 0.25) is 5.02 Å². The molecule has 234 valence electrons. The van der Waals surface area contributed by atoms with Gasteiger partial charge in [-0.2, -0.15) is 0 Å². The summed E-state index contributed by atoms with van der Waals surface area (Å²) in [4.78, 5) is 34.4. The Bertz CT molecular complexity index is 1670. The van der Waals surface area contributed by atoms with E-state index in [0.29, 0.717) is 17.1 Å². The van der Waals surface area contributed by atoms with Crippen molar-refractivity contribution in [2.24, 2.45) is 5.41 Å². The number of halogens is 1. The normalized spacial score (nSPS) is 24.3. The summed E-state index contributed by atoms with van der Waals surface area (Å²) in [6.45, 7) is 6.50. The van der Waals surface area contributed by atoms with Crippen LogP contribution in [0, 0.1) is 5.41 Å². The summed E-state index contributed by atoms with van der Waals surface area (Å²) in [5.41, 5.74) is 1.75. The second-order valence-electron chi connectivity index (χ2n) is 13.6. The number of aliphatic hydroxyl groups excluding tert-OH is 1. The zero-order chi connectivity index (χ0) is 32.1. The molecule has 8 heteroatoms. The number of thiophene rings is 1. The smallest absolute Gasteiger partial charge is 0.240 e. The number of likely N-dealkylation sites (tertiary alicyclic amines) is 1. The first-order valence-electron chi connectivity index (χ1n) is 15.4. The molecule has 0 radical (unpaired) electrons. The van der Waals surface area contributed by atoms with Crippen molar-refractivity contribution >= 4 is 40.4 Å². The van der Waals surface area contributed by atoms with E-state index in [4.69, 9.17) is 11.6 Å². The highest BCUT2D eigenvalue weighted by atomic mass is 35.5. The number of likely N-dealkylation sites (N-methyl/N-ethyl adjacent to an activating group) is 1. The fourth-order valence-electron chi connectivity index (χ4n) is 7.62. The molecule has 1 fully saturated rings. The lowest BCUT2D eigenvalue weighted by atomic mass is 9.64. The van der Waals surface area contributed by atoms with Crippen molar-refractivity contribution in [3.63, 3.8) is 0 Å². The molecular formula is C37H40ClN3O3S. The minimum atomic E-state index is -1.14. The molecule has 0 bridgehead atoms. The Kier molecular flexibility index (Phi) is 8.42. The van der Waals surface area contributed by atoms with Crippen LogP contribution in [0.1, 0.15) is 66.8 Å². The molecule has 2 aliphatic heterocycles. The first kappa shape index (κ1) is 31.5. The van der Waals surface area contributed by atoms with E-state index in [1.807, 2.05) is 96.4 Å². The molecule has 0 saturated carbocycles. The summed E-state index contributed by atoms with van der Waals surface area (Å²) >= 11 is 8.04. The van der Waals surface area contributed by atoms with E-state index < -0.39 is 35.6 Å². The van der Waals surface area contributed by atoms with E-state index in [9.17, 15) is 14.7 Å².